The maximum atomic E-state index is 11.5. The van der Waals surface area contributed by atoms with Gasteiger partial charge in [0.25, 0.3) is 0 Å². The zero-order valence-corrected chi connectivity index (χ0v) is 16.0. The lowest BCUT2D eigenvalue weighted by Crippen LogP contribution is -2.46. The van der Waals surface area contributed by atoms with Crippen molar-refractivity contribution in [1.82, 2.24) is 15.5 Å². The number of piperidine rings is 1. The Bertz CT molecular complexity index is 583. The molecule has 1 aromatic carbocycles. The molecule has 2 N–H and O–H groups in total. The van der Waals surface area contributed by atoms with Gasteiger partial charge in [0, 0.05) is 44.7 Å². The SMILES string of the molecule is CCNC(=NCCc1ccccc1Cl)N1CCC(CC(=O)NC)CC1. The monoisotopic (exact) mass is 364 g/mol. The Morgan fingerprint density at radius 2 is 2.04 bits per heavy atom. The van der Waals surface area contributed by atoms with E-state index in [0.717, 1.165) is 55.4 Å². The maximum Gasteiger partial charge on any atom is 0.220 e. The van der Waals surface area contributed by atoms with Gasteiger partial charge >= 0.3 is 0 Å². The maximum absolute atomic E-state index is 11.5. The standard InChI is InChI=1S/C19H29ClN4O/c1-3-22-19(23-11-8-16-6-4-5-7-17(16)20)24-12-9-15(10-13-24)14-18(25)21-2/h4-7,15H,3,8-14H2,1-2H3,(H,21,25)(H,22,23). The van der Waals surface area contributed by atoms with Gasteiger partial charge in [0.15, 0.2) is 5.96 Å². The zero-order chi connectivity index (χ0) is 18.1. The first-order chi connectivity index (χ1) is 12.1. The van der Waals surface area contributed by atoms with E-state index in [-0.39, 0.29) is 5.91 Å². The highest BCUT2D eigenvalue weighted by molar-refractivity contribution is 6.31. The van der Waals surface area contributed by atoms with Crippen molar-refractivity contribution in [2.75, 3.05) is 33.2 Å². The largest absolute Gasteiger partial charge is 0.359 e. The van der Waals surface area contributed by atoms with Gasteiger partial charge in [-0.1, -0.05) is 29.8 Å². The van der Waals surface area contributed by atoms with Gasteiger partial charge in [-0.25, -0.2) is 0 Å². The molecule has 1 aromatic rings. The smallest absolute Gasteiger partial charge is 0.220 e. The summed E-state index contributed by atoms with van der Waals surface area (Å²) in [6, 6.07) is 7.92. The van der Waals surface area contributed by atoms with Crippen LogP contribution in [-0.2, 0) is 11.2 Å². The van der Waals surface area contributed by atoms with Crippen LogP contribution in [0.3, 0.4) is 0 Å². The summed E-state index contributed by atoms with van der Waals surface area (Å²) < 4.78 is 0. The molecule has 1 heterocycles. The summed E-state index contributed by atoms with van der Waals surface area (Å²) >= 11 is 6.21. The first-order valence-electron chi connectivity index (χ1n) is 9.11. The van der Waals surface area contributed by atoms with Gasteiger partial charge in [0.2, 0.25) is 5.91 Å². The number of aliphatic imine (C=N–C) groups is 1. The molecule has 1 fully saturated rings. The number of carbonyl (C=O) groups is 1. The van der Waals surface area contributed by atoms with Crippen molar-refractivity contribution >= 4 is 23.5 Å². The molecule has 1 aliphatic rings. The van der Waals surface area contributed by atoms with Crippen LogP contribution in [0.25, 0.3) is 0 Å². The predicted octanol–water partition coefficient (Wildman–Crippen LogP) is 2.70. The van der Waals surface area contributed by atoms with Crippen LogP contribution in [0.5, 0.6) is 0 Å². The second-order valence-electron chi connectivity index (χ2n) is 6.38. The van der Waals surface area contributed by atoms with Crippen molar-refractivity contribution in [3.63, 3.8) is 0 Å². The fourth-order valence-electron chi connectivity index (χ4n) is 3.12. The van der Waals surface area contributed by atoms with Crippen LogP contribution in [0, 0.1) is 5.92 Å². The summed E-state index contributed by atoms with van der Waals surface area (Å²) in [5.74, 6) is 1.58. The Balaban J connectivity index is 1.87. The van der Waals surface area contributed by atoms with Crippen molar-refractivity contribution in [2.24, 2.45) is 10.9 Å². The van der Waals surface area contributed by atoms with Crippen LogP contribution in [0.4, 0.5) is 0 Å². The fourth-order valence-corrected chi connectivity index (χ4v) is 3.35. The van der Waals surface area contributed by atoms with E-state index < -0.39 is 0 Å². The highest BCUT2D eigenvalue weighted by atomic mass is 35.5. The lowest BCUT2D eigenvalue weighted by atomic mass is 9.93. The van der Waals surface area contributed by atoms with E-state index in [9.17, 15) is 4.79 Å². The minimum Gasteiger partial charge on any atom is -0.359 e. The molecule has 0 saturated carbocycles. The average molecular weight is 365 g/mol. The molecule has 0 aromatic heterocycles. The number of nitrogens with one attached hydrogen (secondary N) is 2. The molecule has 0 atom stereocenters. The highest BCUT2D eigenvalue weighted by Gasteiger charge is 2.22. The Morgan fingerprint density at radius 3 is 2.68 bits per heavy atom. The van der Waals surface area contributed by atoms with E-state index in [1.807, 2.05) is 18.2 Å². The lowest BCUT2D eigenvalue weighted by molar-refractivity contribution is -0.121. The van der Waals surface area contributed by atoms with Gasteiger partial charge in [0.05, 0.1) is 0 Å². The number of halogens is 1. The predicted molar refractivity (Wildman–Crippen MR) is 104 cm³/mol. The number of nitrogens with zero attached hydrogens (tertiary/aromatic N) is 2. The van der Waals surface area contributed by atoms with Gasteiger partial charge in [-0.3, -0.25) is 9.79 Å². The first-order valence-corrected chi connectivity index (χ1v) is 9.49. The topological polar surface area (TPSA) is 56.7 Å². The number of carbonyl (C=O) groups excluding carboxylic acids is 1. The molecule has 0 unspecified atom stereocenters. The second-order valence-corrected chi connectivity index (χ2v) is 6.79. The fraction of sp³-hybridized carbons (Fsp3) is 0.579. The summed E-state index contributed by atoms with van der Waals surface area (Å²) in [5, 5.41) is 6.90. The van der Waals surface area contributed by atoms with E-state index in [1.54, 1.807) is 7.05 Å². The van der Waals surface area contributed by atoms with Crippen molar-refractivity contribution in [3.05, 3.63) is 34.9 Å². The molecule has 0 radical (unpaired) electrons. The van der Waals surface area contributed by atoms with E-state index in [1.165, 1.54) is 0 Å². The molecule has 0 aliphatic carbocycles. The molecule has 6 heteroatoms. The Kier molecular flexibility index (Phi) is 8.06. The quantitative estimate of drug-likeness (QED) is 0.602. The van der Waals surface area contributed by atoms with E-state index >= 15 is 0 Å². The second kappa shape index (κ2) is 10.3. The number of likely N-dealkylation sites (tertiary alicyclic amines) is 1. The molecule has 2 rings (SSSR count). The van der Waals surface area contributed by atoms with Gasteiger partial charge in [-0.2, -0.15) is 0 Å². The molecule has 0 spiro atoms. The molecular weight excluding hydrogens is 336 g/mol. The molecule has 25 heavy (non-hydrogen) atoms. The van der Waals surface area contributed by atoms with Gasteiger partial charge in [-0.05, 0) is 43.7 Å². The Labute approximate surface area is 155 Å². The van der Waals surface area contributed by atoms with E-state index in [0.29, 0.717) is 18.9 Å². The third-order valence-corrected chi connectivity index (χ3v) is 4.97. The Hall–Kier alpha value is -1.75. The zero-order valence-electron chi connectivity index (χ0n) is 15.2. The molecular formula is C19H29ClN4O. The molecule has 1 amide bonds. The summed E-state index contributed by atoms with van der Waals surface area (Å²) in [4.78, 5) is 18.6. The van der Waals surface area contributed by atoms with Gasteiger partial charge in [-0.15, -0.1) is 0 Å². The van der Waals surface area contributed by atoms with Crippen LogP contribution in [-0.4, -0.2) is 50.0 Å². The molecule has 1 aliphatic heterocycles. The van der Waals surface area contributed by atoms with Crippen molar-refractivity contribution in [1.29, 1.82) is 0 Å². The number of hydrogen-bond donors (Lipinski definition) is 2. The van der Waals surface area contributed by atoms with E-state index in [2.05, 4.69) is 28.5 Å². The summed E-state index contributed by atoms with van der Waals surface area (Å²) in [7, 11) is 1.70. The molecule has 5 nitrogen and oxygen atoms in total. The Morgan fingerprint density at radius 1 is 1.32 bits per heavy atom. The number of rotatable bonds is 6. The van der Waals surface area contributed by atoms with Crippen LogP contribution in [0.1, 0.15) is 31.7 Å². The number of amides is 1. The number of hydrogen-bond acceptors (Lipinski definition) is 2. The summed E-state index contributed by atoms with van der Waals surface area (Å²) in [6.45, 7) is 5.54. The highest BCUT2D eigenvalue weighted by Crippen LogP contribution is 2.20. The van der Waals surface area contributed by atoms with Crippen LogP contribution < -0.4 is 10.6 Å². The van der Waals surface area contributed by atoms with Crippen LogP contribution in [0.15, 0.2) is 29.3 Å². The normalized spacial score (nSPS) is 16.0. The number of benzene rings is 1. The minimum absolute atomic E-state index is 0.138. The molecule has 1 saturated heterocycles. The summed E-state index contributed by atoms with van der Waals surface area (Å²) in [6.07, 6.45) is 3.52. The molecule has 0 bridgehead atoms. The van der Waals surface area contributed by atoms with Gasteiger partial charge < -0.3 is 15.5 Å². The minimum atomic E-state index is 0.138. The number of guanidine groups is 1. The lowest BCUT2D eigenvalue weighted by Gasteiger charge is -2.34. The third-order valence-electron chi connectivity index (χ3n) is 4.60. The van der Waals surface area contributed by atoms with Crippen molar-refractivity contribution in [3.8, 4) is 0 Å². The average Bonchev–Trinajstić information content (AvgIpc) is 2.63. The van der Waals surface area contributed by atoms with Crippen molar-refractivity contribution < 1.29 is 4.79 Å². The van der Waals surface area contributed by atoms with E-state index in [4.69, 9.17) is 16.6 Å². The first kappa shape index (κ1) is 19.6. The van der Waals surface area contributed by atoms with Gasteiger partial charge in [0.1, 0.15) is 0 Å². The third kappa shape index (κ3) is 6.24. The van der Waals surface area contributed by atoms with Crippen LogP contribution >= 0.6 is 11.6 Å². The van der Waals surface area contributed by atoms with Crippen molar-refractivity contribution in [2.45, 2.75) is 32.6 Å². The van der Waals surface area contributed by atoms with Crippen LogP contribution in [0.2, 0.25) is 5.02 Å². The molecule has 138 valence electrons. The summed E-state index contributed by atoms with van der Waals surface area (Å²) in [5.41, 5.74) is 1.13.